The zero-order valence-corrected chi connectivity index (χ0v) is 18.0. The summed E-state index contributed by atoms with van der Waals surface area (Å²) >= 11 is 0. The molecule has 0 aliphatic heterocycles. The van der Waals surface area contributed by atoms with Crippen LogP contribution in [0.15, 0.2) is 33.6 Å². The van der Waals surface area contributed by atoms with E-state index in [1.54, 1.807) is 38.1 Å². The van der Waals surface area contributed by atoms with Crippen LogP contribution in [0.5, 0.6) is 0 Å². The average Bonchev–Trinajstić information content (AvgIpc) is 3.18. The lowest BCUT2D eigenvalue weighted by Gasteiger charge is -2.11. The van der Waals surface area contributed by atoms with E-state index >= 15 is 0 Å². The number of hydrogen-bond donors (Lipinski definition) is 0. The molecule has 0 saturated carbocycles. The van der Waals surface area contributed by atoms with Crippen molar-refractivity contribution in [2.24, 2.45) is 0 Å². The second kappa shape index (κ2) is 8.00. The third-order valence-corrected chi connectivity index (χ3v) is 6.43. The predicted molar refractivity (Wildman–Crippen MR) is 108 cm³/mol. The van der Waals surface area contributed by atoms with E-state index in [1.165, 1.54) is 14.1 Å². The molecule has 0 saturated heterocycles. The molecule has 3 aromatic rings. The van der Waals surface area contributed by atoms with Gasteiger partial charge in [0.05, 0.1) is 15.9 Å². The van der Waals surface area contributed by atoms with Crippen LogP contribution in [0.2, 0.25) is 0 Å². The van der Waals surface area contributed by atoms with Gasteiger partial charge < -0.3 is 13.7 Å². The predicted octanol–water partition coefficient (Wildman–Crippen LogP) is 3.26. The Balaban J connectivity index is 1.93. The summed E-state index contributed by atoms with van der Waals surface area (Å²) in [5.41, 5.74) is 1.73. The van der Waals surface area contributed by atoms with Crippen molar-refractivity contribution in [2.75, 3.05) is 14.1 Å². The number of carbonyl (C=O) groups excluding carboxylic acids is 1. The normalized spacial score (nSPS) is 12.1. The monoisotopic (exact) mass is 419 g/mol. The van der Waals surface area contributed by atoms with Crippen LogP contribution in [-0.2, 0) is 27.9 Å². The van der Waals surface area contributed by atoms with Crippen molar-refractivity contribution in [3.63, 3.8) is 0 Å². The molecule has 0 bridgehead atoms. The summed E-state index contributed by atoms with van der Waals surface area (Å²) in [7, 11) is -0.589. The van der Waals surface area contributed by atoms with Crippen LogP contribution in [0.1, 0.15) is 41.0 Å². The van der Waals surface area contributed by atoms with Gasteiger partial charge in [-0.25, -0.2) is 22.5 Å². The number of sulfonamides is 1. The summed E-state index contributed by atoms with van der Waals surface area (Å²) in [5, 5.41) is 0. The Kier molecular flexibility index (Phi) is 5.81. The van der Waals surface area contributed by atoms with Crippen LogP contribution < -0.4 is 0 Å². The van der Waals surface area contributed by atoms with Crippen molar-refractivity contribution >= 4 is 27.0 Å². The number of aryl methyl sites for hydroxylation is 3. The van der Waals surface area contributed by atoms with Crippen LogP contribution in [0.25, 0.3) is 11.0 Å². The smallest absolute Gasteiger partial charge is 0.342 e. The van der Waals surface area contributed by atoms with Gasteiger partial charge in [0.25, 0.3) is 0 Å². The summed E-state index contributed by atoms with van der Waals surface area (Å²) in [4.78, 5) is 17.1. The fourth-order valence-corrected chi connectivity index (χ4v) is 4.08. The number of imidazole rings is 1. The Labute approximate surface area is 170 Å². The highest BCUT2D eigenvalue weighted by molar-refractivity contribution is 7.89. The average molecular weight is 420 g/mol. The van der Waals surface area contributed by atoms with Gasteiger partial charge in [-0.2, -0.15) is 0 Å². The van der Waals surface area contributed by atoms with E-state index in [1.807, 2.05) is 11.5 Å². The molecule has 156 valence electrons. The molecule has 0 N–H and O–H groups in total. The highest BCUT2D eigenvalue weighted by Crippen LogP contribution is 2.23. The van der Waals surface area contributed by atoms with Crippen LogP contribution in [0, 0.1) is 13.8 Å². The Morgan fingerprint density at radius 2 is 1.97 bits per heavy atom. The number of ether oxygens (including phenoxy) is 1. The van der Waals surface area contributed by atoms with Gasteiger partial charge in [-0.1, -0.05) is 6.92 Å². The summed E-state index contributed by atoms with van der Waals surface area (Å²) in [6, 6.07) is 6.50. The van der Waals surface area contributed by atoms with Crippen molar-refractivity contribution in [1.29, 1.82) is 0 Å². The molecule has 0 aliphatic rings. The first-order valence-electron chi connectivity index (χ1n) is 9.31. The fourth-order valence-electron chi connectivity index (χ4n) is 3.16. The van der Waals surface area contributed by atoms with Crippen molar-refractivity contribution in [2.45, 2.75) is 45.2 Å². The van der Waals surface area contributed by atoms with Gasteiger partial charge in [-0.15, -0.1) is 0 Å². The summed E-state index contributed by atoms with van der Waals surface area (Å²) < 4.78 is 38.8. The molecule has 0 aliphatic carbocycles. The van der Waals surface area contributed by atoms with Gasteiger partial charge in [0.2, 0.25) is 10.0 Å². The van der Waals surface area contributed by atoms with E-state index in [9.17, 15) is 13.2 Å². The maximum atomic E-state index is 12.4. The van der Waals surface area contributed by atoms with Crippen molar-refractivity contribution in [3.05, 3.63) is 47.2 Å². The first-order valence-corrected chi connectivity index (χ1v) is 10.7. The van der Waals surface area contributed by atoms with Gasteiger partial charge >= 0.3 is 5.97 Å². The lowest BCUT2D eigenvalue weighted by Crippen LogP contribution is -2.22. The molecule has 29 heavy (non-hydrogen) atoms. The molecular weight excluding hydrogens is 394 g/mol. The van der Waals surface area contributed by atoms with E-state index in [4.69, 9.17) is 9.15 Å². The fraction of sp³-hybridized carbons (Fsp3) is 0.400. The zero-order chi connectivity index (χ0) is 21.3. The number of esters is 1. The number of aromatic nitrogens is 2. The van der Waals surface area contributed by atoms with E-state index in [0.717, 1.165) is 16.2 Å². The molecule has 3 rings (SSSR count). The highest BCUT2D eigenvalue weighted by Gasteiger charge is 2.21. The molecule has 0 spiro atoms. The van der Waals surface area contributed by atoms with Crippen molar-refractivity contribution < 1.29 is 22.4 Å². The number of furan rings is 1. The number of benzene rings is 1. The van der Waals surface area contributed by atoms with Crippen molar-refractivity contribution in [3.8, 4) is 0 Å². The molecular formula is C20H25N3O5S. The number of rotatable bonds is 7. The molecule has 2 heterocycles. The highest BCUT2D eigenvalue weighted by atomic mass is 32.2. The van der Waals surface area contributed by atoms with E-state index in [-0.39, 0.29) is 11.5 Å². The number of fused-ring (bicyclic) bond motifs is 1. The lowest BCUT2D eigenvalue weighted by atomic mass is 10.2. The Morgan fingerprint density at radius 3 is 2.55 bits per heavy atom. The van der Waals surface area contributed by atoms with E-state index < -0.39 is 16.0 Å². The Morgan fingerprint density at radius 1 is 1.24 bits per heavy atom. The van der Waals surface area contributed by atoms with Crippen LogP contribution in [0.4, 0.5) is 0 Å². The summed E-state index contributed by atoms with van der Waals surface area (Å²) in [6.07, 6.45) is 0.851. The molecule has 0 radical (unpaired) electrons. The minimum absolute atomic E-state index is 0.0209. The van der Waals surface area contributed by atoms with Gasteiger partial charge in [-0.05, 0) is 44.5 Å². The maximum absolute atomic E-state index is 12.4. The standard InChI is InChI=1S/C20H25N3O5S/c1-6-9-23-18-8-7-15(29(25,26)22(4)5)11-17(18)21-19(23)12-27-20(24)16-10-13(2)28-14(16)3/h7-8,10-11H,6,9,12H2,1-5H3. The minimum atomic E-state index is -3.56. The molecule has 0 amide bonds. The number of nitrogens with zero attached hydrogens (tertiary/aromatic N) is 3. The molecule has 8 nitrogen and oxygen atoms in total. The first kappa shape index (κ1) is 21.1. The van der Waals surface area contributed by atoms with Crippen molar-refractivity contribution in [1.82, 2.24) is 13.9 Å². The topological polar surface area (TPSA) is 94.6 Å². The largest absolute Gasteiger partial charge is 0.466 e. The van der Waals surface area contributed by atoms with E-state index in [2.05, 4.69) is 4.98 Å². The quantitative estimate of drug-likeness (QED) is 0.546. The lowest BCUT2D eigenvalue weighted by molar-refractivity contribution is 0.0456. The first-order chi connectivity index (χ1) is 13.6. The SMILES string of the molecule is CCCn1c(COC(=O)c2cc(C)oc2C)nc2cc(S(=O)(=O)N(C)C)ccc21. The van der Waals surface area contributed by atoms with Gasteiger partial charge in [-0.3, -0.25) is 0 Å². The van der Waals surface area contributed by atoms with Gasteiger partial charge in [0.15, 0.2) is 0 Å². The zero-order valence-electron chi connectivity index (χ0n) is 17.2. The van der Waals surface area contributed by atoms with Crippen LogP contribution in [0.3, 0.4) is 0 Å². The second-order valence-corrected chi connectivity index (χ2v) is 9.17. The third-order valence-electron chi connectivity index (χ3n) is 4.62. The molecule has 1 aromatic carbocycles. The third kappa shape index (κ3) is 4.06. The Bertz CT molecular complexity index is 1160. The van der Waals surface area contributed by atoms with Crippen LogP contribution in [-0.4, -0.2) is 42.3 Å². The number of carbonyl (C=O) groups is 1. The molecule has 9 heteroatoms. The van der Waals surface area contributed by atoms with Gasteiger partial charge in [0, 0.05) is 20.6 Å². The second-order valence-electron chi connectivity index (χ2n) is 7.02. The molecule has 0 fully saturated rings. The van der Waals surface area contributed by atoms with Crippen LogP contribution >= 0.6 is 0 Å². The molecule has 0 atom stereocenters. The molecule has 0 unspecified atom stereocenters. The Hall–Kier alpha value is -2.65. The van der Waals surface area contributed by atoms with Gasteiger partial charge in [0.1, 0.15) is 29.5 Å². The number of hydrogen-bond acceptors (Lipinski definition) is 6. The van der Waals surface area contributed by atoms with E-state index in [0.29, 0.717) is 35.0 Å². The minimum Gasteiger partial charge on any atom is -0.466 e. The molecule has 2 aromatic heterocycles. The summed E-state index contributed by atoms with van der Waals surface area (Å²) in [5.74, 6) is 1.23. The summed E-state index contributed by atoms with van der Waals surface area (Å²) in [6.45, 7) is 6.16. The maximum Gasteiger partial charge on any atom is 0.342 e.